The molecule has 7 nitrogen and oxygen atoms in total. The van der Waals surface area contributed by atoms with E-state index < -0.39 is 28.5 Å². The number of sulfonamides is 1. The van der Waals surface area contributed by atoms with Gasteiger partial charge in [0.05, 0.1) is 11.9 Å². The fraction of sp³-hybridized carbons (Fsp3) is 0.417. The lowest BCUT2D eigenvalue weighted by Gasteiger charge is -2.32. The van der Waals surface area contributed by atoms with E-state index in [1.54, 1.807) is 19.9 Å². The largest absolute Gasteiger partial charge is 0.355 e. The normalized spacial score (nSPS) is 12.2. The van der Waals surface area contributed by atoms with Crippen LogP contribution in [-0.4, -0.2) is 50.5 Å². The minimum atomic E-state index is -3.74. The summed E-state index contributed by atoms with van der Waals surface area (Å²) in [5.41, 5.74) is 4.04. The minimum Gasteiger partial charge on any atom is -0.355 e. The Morgan fingerprint density at radius 3 is 2.16 bits per heavy atom. The summed E-state index contributed by atoms with van der Waals surface area (Å²) in [6.45, 7) is 9.35. The van der Waals surface area contributed by atoms with Crippen molar-refractivity contribution in [1.29, 1.82) is 0 Å². The molecule has 2 aromatic carbocycles. The summed E-state index contributed by atoms with van der Waals surface area (Å²) < 4.78 is 26.4. The van der Waals surface area contributed by atoms with Crippen LogP contribution in [0.15, 0.2) is 42.5 Å². The predicted octanol–water partition coefficient (Wildman–Crippen LogP) is 2.93. The number of amides is 2. The summed E-state index contributed by atoms with van der Waals surface area (Å²) in [4.78, 5) is 27.4. The predicted molar refractivity (Wildman–Crippen MR) is 128 cm³/mol. The van der Waals surface area contributed by atoms with Crippen LogP contribution in [0.1, 0.15) is 36.1 Å². The van der Waals surface area contributed by atoms with Crippen molar-refractivity contribution in [3.8, 4) is 0 Å². The molecular weight excluding hydrogens is 426 g/mol. The molecule has 1 N–H and O–H groups in total. The van der Waals surface area contributed by atoms with E-state index in [1.807, 2.05) is 57.2 Å². The molecule has 2 rings (SSSR count). The molecule has 0 bridgehead atoms. The molecule has 1 atom stereocenters. The maximum absolute atomic E-state index is 13.4. The summed E-state index contributed by atoms with van der Waals surface area (Å²) >= 11 is 0. The van der Waals surface area contributed by atoms with E-state index in [4.69, 9.17) is 0 Å². The van der Waals surface area contributed by atoms with Gasteiger partial charge < -0.3 is 10.2 Å². The van der Waals surface area contributed by atoms with Crippen molar-refractivity contribution in [2.45, 2.75) is 47.2 Å². The maximum Gasteiger partial charge on any atom is 0.244 e. The fourth-order valence-electron chi connectivity index (χ4n) is 3.38. The van der Waals surface area contributed by atoms with Gasteiger partial charge in [-0.05, 0) is 57.4 Å². The zero-order valence-electron chi connectivity index (χ0n) is 19.7. The summed E-state index contributed by atoms with van der Waals surface area (Å²) in [7, 11) is -3.74. The molecule has 0 aliphatic carbocycles. The second kappa shape index (κ2) is 10.6. The number of benzene rings is 2. The van der Waals surface area contributed by atoms with Crippen molar-refractivity contribution < 1.29 is 18.0 Å². The number of anilines is 1. The average molecular weight is 460 g/mol. The molecule has 0 fully saturated rings. The molecule has 8 heteroatoms. The number of nitrogens with one attached hydrogen (secondary N) is 1. The Kier molecular flexibility index (Phi) is 8.44. The first-order chi connectivity index (χ1) is 14.9. The minimum absolute atomic E-state index is 0.196. The second-order valence-corrected chi connectivity index (χ2v) is 10.0. The monoisotopic (exact) mass is 459 g/mol. The first-order valence-electron chi connectivity index (χ1n) is 10.6. The van der Waals surface area contributed by atoms with E-state index in [9.17, 15) is 18.0 Å². The third-order valence-corrected chi connectivity index (χ3v) is 6.43. The van der Waals surface area contributed by atoms with Gasteiger partial charge in [-0.1, -0.05) is 42.0 Å². The number of hydrogen-bond donors (Lipinski definition) is 1. The highest BCUT2D eigenvalue weighted by atomic mass is 32.2. The third kappa shape index (κ3) is 6.56. The van der Waals surface area contributed by atoms with Gasteiger partial charge >= 0.3 is 0 Å². The molecule has 0 aromatic heterocycles. The van der Waals surface area contributed by atoms with Gasteiger partial charge in [-0.25, -0.2) is 8.42 Å². The van der Waals surface area contributed by atoms with Gasteiger partial charge in [0.15, 0.2) is 0 Å². The van der Waals surface area contributed by atoms with E-state index in [1.165, 1.54) is 4.90 Å². The molecule has 2 aromatic rings. The molecule has 0 saturated carbocycles. The van der Waals surface area contributed by atoms with Gasteiger partial charge in [-0.2, -0.15) is 0 Å². The SMILES string of the molecule is CCNC(=O)[C@@H](C)N(Cc1ccc(C)cc1)C(=O)CN(c1cc(C)ccc1C)S(C)(=O)=O. The summed E-state index contributed by atoms with van der Waals surface area (Å²) in [5, 5.41) is 2.74. The zero-order valence-corrected chi connectivity index (χ0v) is 20.5. The van der Waals surface area contributed by atoms with Crippen LogP contribution in [0.2, 0.25) is 0 Å². The first kappa shape index (κ1) is 25.4. The zero-order chi connectivity index (χ0) is 24.1. The highest BCUT2D eigenvalue weighted by Crippen LogP contribution is 2.24. The van der Waals surface area contributed by atoms with E-state index in [0.717, 1.165) is 32.8 Å². The van der Waals surface area contributed by atoms with Crippen molar-refractivity contribution >= 4 is 27.5 Å². The first-order valence-corrected chi connectivity index (χ1v) is 12.5. The Labute approximate surface area is 191 Å². The fourth-order valence-corrected chi connectivity index (χ4v) is 4.28. The Morgan fingerprint density at radius 1 is 1.00 bits per heavy atom. The maximum atomic E-state index is 13.4. The molecule has 0 unspecified atom stereocenters. The smallest absolute Gasteiger partial charge is 0.244 e. The molecule has 0 heterocycles. The highest BCUT2D eigenvalue weighted by Gasteiger charge is 2.30. The summed E-state index contributed by atoms with van der Waals surface area (Å²) in [6.07, 6.45) is 1.08. The Bertz CT molecular complexity index is 1070. The number of carbonyl (C=O) groups excluding carboxylic acids is 2. The summed E-state index contributed by atoms with van der Waals surface area (Å²) in [6, 6.07) is 12.4. The number of hydrogen-bond acceptors (Lipinski definition) is 4. The lowest BCUT2D eigenvalue weighted by Crippen LogP contribution is -2.51. The Balaban J connectivity index is 2.42. The van der Waals surface area contributed by atoms with Gasteiger partial charge in [-0.3, -0.25) is 13.9 Å². The molecule has 0 aliphatic heterocycles. The molecule has 2 amide bonds. The van der Waals surface area contributed by atoms with E-state index in [-0.39, 0.29) is 12.5 Å². The number of rotatable bonds is 9. The molecule has 0 aliphatic rings. The third-order valence-electron chi connectivity index (χ3n) is 5.30. The Morgan fingerprint density at radius 2 is 1.59 bits per heavy atom. The Hall–Kier alpha value is -2.87. The van der Waals surface area contributed by atoms with Crippen LogP contribution in [0.25, 0.3) is 0 Å². The van der Waals surface area contributed by atoms with Crippen LogP contribution in [0.3, 0.4) is 0 Å². The molecule has 0 spiro atoms. The van der Waals surface area contributed by atoms with Gasteiger partial charge in [0.25, 0.3) is 0 Å². The van der Waals surface area contributed by atoms with Gasteiger partial charge in [0.1, 0.15) is 12.6 Å². The van der Waals surface area contributed by atoms with E-state index in [2.05, 4.69) is 5.32 Å². The van der Waals surface area contributed by atoms with Crippen LogP contribution in [-0.2, 0) is 26.2 Å². The van der Waals surface area contributed by atoms with Crippen LogP contribution in [0.5, 0.6) is 0 Å². The number of aryl methyl sites for hydroxylation is 3. The van der Waals surface area contributed by atoms with Gasteiger partial charge in [0.2, 0.25) is 21.8 Å². The van der Waals surface area contributed by atoms with Crippen LogP contribution in [0.4, 0.5) is 5.69 Å². The van der Waals surface area contributed by atoms with Crippen molar-refractivity contribution in [1.82, 2.24) is 10.2 Å². The van der Waals surface area contributed by atoms with E-state index in [0.29, 0.717) is 12.2 Å². The lowest BCUT2D eigenvalue weighted by atomic mass is 10.1. The number of carbonyl (C=O) groups is 2. The second-order valence-electron chi connectivity index (χ2n) is 8.14. The van der Waals surface area contributed by atoms with Crippen LogP contribution < -0.4 is 9.62 Å². The summed E-state index contributed by atoms with van der Waals surface area (Å²) in [5.74, 6) is -0.735. The van der Waals surface area contributed by atoms with Crippen LogP contribution >= 0.6 is 0 Å². The average Bonchev–Trinajstić information content (AvgIpc) is 2.72. The van der Waals surface area contributed by atoms with Gasteiger partial charge in [0, 0.05) is 13.1 Å². The number of nitrogens with zero attached hydrogens (tertiary/aromatic N) is 2. The quantitative estimate of drug-likeness (QED) is 0.625. The van der Waals surface area contributed by atoms with Crippen molar-refractivity contribution in [3.05, 3.63) is 64.7 Å². The lowest BCUT2D eigenvalue weighted by molar-refractivity contribution is -0.139. The van der Waals surface area contributed by atoms with E-state index >= 15 is 0 Å². The number of likely N-dealkylation sites (N-methyl/N-ethyl adjacent to an activating group) is 1. The highest BCUT2D eigenvalue weighted by molar-refractivity contribution is 7.92. The molecule has 0 radical (unpaired) electrons. The molecule has 174 valence electrons. The van der Waals surface area contributed by atoms with Gasteiger partial charge in [-0.15, -0.1) is 0 Å². The standard InChI is InChI=1S/C24H33N3O4S/c1-7-25-24(29)20(5)26(15-21-12-9-17(2)10-13-21)23(28)16-27(32(6,30)31)22-14-18(3)8-11-19(22)4/h8-14,20H,7,15-16H2,1-6H3,(H,25,29)/t20-/m1/s1. The van der Waals surface area contributed by atoms with Crippen molar-refractivity contribution in [2.75, 3.05) is 23.7 Å². The molecule has 0 saturated heterocycles. The van der Waals surface area contributed by atoms with Crippen molar-refractivity contribution in [2.24, 2.45) is 0 Å². The van der Waals surface area contributed by atoms with Crippen LogP contribution in [0, 0.1) is 20.8 Å². The topological polar surface area (TPSA) is 86.8 Å². The molecule has 32 heavy (non-hydrogen) atoms. The van der Waals surface area contributed by atoms with Crippen molar-refractivity contribution in [3.63, 3.8) is 0 Å². The molecular formula is C24H33N3O4S.